The van der Waals surface area contributed by atoms with Crippen LogP contribution in [-0.4, -0.2) is 40.1 Å². The molecular formula is C23H28N2O5. The van der Waals surface area contributed by atoms with Crippen molar-refractivity contribution in [3.8, 4) is 0 Å². The molecule has 0 fully saturated rings. The van der Waals surface area contributed by atoms with Gasteiger partial charge in [0.1, 0.15) is 12.1 Å². The molecule has 0 bridgehead atoms. The minimum absolute atomic E-state index is 0.113. The molecule has 2 aromatic carbocycles. The van der Waals surface area contributed by atoms with E-state index in [0.717, 1.165) is 5.56 Å². The first kappa shape index (κ1) is 23.1. The molecule has 4 N–H and O–H groups in total. The van der Waals surface area contributed by atoms with Crippen molar-refractivity contribution in [1.82, 2.24) is 10.6 Å². The van der Waals surface area contributed by atoms with E-state index in [0.29, 0.717) is 24.1 Å². The Morgan fingerprint density at radius 3 is 1.97 bits per heavy atom. The number of aliphatic carboxylic acids is 2. The lowest BCUT2D eigenvalue weighted by Crippen LogP contribution is -2.48. The second-order valence-electron chi connectivity index (χ2n) is 7.65. The van der Waals surface area contributed by atoms with Crippen molar-refractivity contribution in [1.29, 1.82) is 0 Å². The molecule has 7 heteroatoms. The zero-order chi connectivity index (χ0) is 22.1. The number of rotatable bonds is 11. The molecular weight excluding hydrogens is 384 g/mol. The van der Waals surface area contributed by atoms with Crippen LogP contribution >= 0.6 is 0 Å². The Balaban J connectivity index is 1.98. The lowest BCUT2D eigenvalue weighted by Gasteiger charge is -2.21. The third-order valence-corrected chi connectivity index (χ3v) is 4.66. The van der Waals surface area contributed by atoms with Crippen LogP contribution in [0.3, 0.4) is 0 Å². The Hall–Kier alpha value is -3.19. The Labute approximate surface area is 176 Å². The van der Waals surface area contributed by atoms with Crippen LogP contribution in [0.15, 0.2) is 54.6 Å². The number of hydrogen-bond acceptors (Lipinski definition) is 4. The van der Waals surface area contributed by atoms with Crippen LogP contribution in [0.4, 0.5) is 0 Å². The van der Waals surface area contributed by atoms with Crippen molar-refractivity contribution in [3.05, 3.63) is 71.3 Å². The van der Waals surface area contributed by atoms with E-state index in [4.69, 9.17) is 0 Å². The maximum absolute atomic E-state index is 12.3. The largest absolute Gasteiger partial charge is 0.480 e. The third kappa shape index (κ3) is 7.33. The fraction of sp³-hybridized carbons (Fsp3) is 0.348. The first-order valence-corrected chi connectivity index (χ1v) is 9.89. The van der Waals surface area contributed by atoms with Gasteiger partial charge in [0.25, 0.3) is 5.91 Å². The van der Waals surface area contributed by atoms with Gasteiger partial charge in [0.2, 0.25) is 0 Å². The Morgan fingerprint density at radius 1 is 0.833 bits per heavy atom. The quantitative estimate of drug-likeness (QED) is 0.451. The Morgan fingerprint density at radius 2 is 1.43 bits per heavy atom. The van der Waals surface area contributed by atoms with Crippen molar-refractivity contribution in [3.63, 3.8) is 0 Å². The maximum Gasteiger partial charge on any atom is 0.321 e. The number of benzene rings is 2. The number of nitrogens with one attached hydrogen (secondary N) is 2. The van der Waals surface area contributed by atoms with E-state index in [-0.39, 0.29) is 18.2 Å². The molecule has 160 valence electrons. The van der Waals surface area contributed by atoms with Crippen LogP contribution in [0.2, 0.25) is 0 Å². The van der Waals surface area contributed by atoms with Crippen LogP contribution in [0.1, 0.15) is 41.8 Å². The average molecular weight is 412 g/mol. The molecule has 0 aliphatic carbocycles. The highest BCUT2D eigenvalue weighted by Crippen LogP contribution is 2.11. The van der Waals surface area contributed by atoms with Gasteiger partial charge < -0.3 is 15.5 Å². The maximum atomic E-state index is 12.3. The molecule has 7 nitrogen and oxygen atoms in total. The van der Waals surface area contributed by atoms with E-state index in [2.05, 4.69) is 10.6 Å². The summed E-state index contributed by atoms with van der Waals surface area (Å²) < 4.78 is 0. The second kappa shape index (κ2) is 11.1. The van der Waals surface area contributed by atoms with Crippen molar-refractivity contribution >= 4 is 17.8 Å². The molecule has 0 saturated heterocycles. The predicted molar refractivity (Wildman–Crippen MR) is 113 cm³/mol. The SMILES string of the molecule is CC(C)CC(NC(Cc1ccc(C(=O)NCc2ccccc2)cc1)C(=O)O)C(=O)O. The normalized spacial score (nSPS) is 12.9. The van der Waals surface area contributed by atoms with Crippen molar-refractivity contribution in [2.24, 2.45) is 5.92 Å². The summed E-state index contributed by atoms with van der Waals surface area (Å²) in [6, 6.07) is 14.2. The van der Waals surface area contributed by atoms with Gasteiger partial charge in [-0.2, -0.15) is 0 Å². The fourth-order valence-electron chi connectivity index (χ4n) is 3.08. The van der Waals surface area contributed by atoms with Gasteiger partial charge in [0, 0.05) is 12.1 Å². The molecule has 0 saturated carbocycles. The lowest BCUT2D eigenvalue weighted by atomic mass is 10.00. The zero-order valence-electron chi connectivity index (χ0n) is 17.2. The van der Waals surface area contributed by atoms with E-state index in [1.54, 1.807) is 24.3 Å². The van der Waals surface area contributed by atoms with Crippen LogP contribution in [0.25, 0.3) is 0 Å². The van der Waals surface area contributed by atoms with Crippen LogP contribution in [0, 0.1) is 5.92 Å². The number of carbonyl (C=O) groups excluding carboxylic acids is 1. The van der Waals surface area contributed by atoms with E-state index in [1.807, 2.05) is 44.2 Å². The fourth-order valence-corrected chi connectivity index (χ4v) is 3.08. The minimum Gasteiger partial charge on any atom is -0.480 e. The summed E-state index contributed by atoms with van der Waals surface area (Å²) in [7, 11) is 0. The van der Waals surface area contributed by atoms with E-state index >= 15 is 0 Å². The van der Waals surface area contributed by atoms with Gasteiger partial charge in [-0.05, 0) is 42.0 Å². The summed E-state index contributed by atoms with van der Waals surface area (Å²) >= 11 is 0. The molecule has 0 radical (unpaired) electrons. The van der Waals surface area contributed by atoms with Crippen molar-refractivity contribution < 1.29 is 24.6 Å². The molecule has 1 amide bonds. The molecule has 2 atom stereocenters. The zero-order valence-corrected chi connectivity index (χ0v) is 17.2. The number of amides is 1. The van der Waals surface area contributed by atoms with Crippen molar-refractivity contribution in [2.75, 3.05) is 0 Å². The molecule has 0 heterocycles. The Bertz CT molecular complexity index is 850. The molecule has 2 aromatic rings. The van der Waals surface area contributed by atoms with Gasteiger partial charge in [-0.1, -0.05) is 56.3 Å². The van der Waals surface area contributed by atoms with E-state index in [9.17, 15) is 24.6 Å². The number of hydrogen-bond donors (Lipinski definition) is 4. The van der Waals surface area contributed by atoms with Gasteiger partial charge in [0.05, 0.1) is 0 Å². The van der Waals surface area contributed by atoms with Crippen LogP contribution in [0.5, 0.6) is 0 Å². The summed E-state index contributed by atoms with van der Waals surface area (Å²) in [5.41, 5.74) is 2.16. The first-order chi connectivity index (χ1) is 14.3. The standard InChI is InChI=1S/C23H28N2O5/c1-15(2)12-19(22(27)28)25-20(23(29)30)13-16-8-10-18(11-9-16)21(26)24-14-17-6-4-3-5-7-17/h3-11,15,19-20,25H,12-14H2,1-2H3,(H,24,26)(H,27,28)(H,29,30). The molecule has 2 unspecified atom stereocenters. The summed E-state index contributed by atoms with van der Waals surface area (Å²) in [6.45, 7) is 4.18. The van der Waals surface area contributed by atoms with Gasteiger partial charge in [-0.25, -0.2) is 0 Å². The number of carbonyl (C=O) groups is 3. The van der Waals surface area contributed by atoms with Crippen molar-refractivity contribution in [2.45, 2.75) is 45.3 Å². The summed E-state index contributed by atoms with van der Waals surface area (Å²) in [5, 5.41) is 24.4. The molecule has 0 aliphatic heterocycles. The van der Waals surface area contributed by atoms with Crippen LogP contribution < -0.4 is 10.6 Å². The molecule has 0 spiro atoms. The van der Waals surface area contributed by atoms with Gasteiger partial charge >= 0.3 is 11.9 Å². The smallest absolute Gasteiger partial charge is 0.321 e. The average Bonchev–Trinajstić information content (AvgIpc) is 2.71. The van der Waals surface area contributed by atoms with Gasteiger partial charge in [0.15, 0.2) is 0 Å². The summed E-state index contributed by atoms with van der Waals surface area (Å²) in [5.74, 6) is -2.29. The Kier molecular flexibility index (Phi) is 8.55. The van der Waals surface area contributed by atoms with E-state index < -0.39 is 24.0 Å². The topological polar surface area (TPSA) is 116 Å². The highest BCUT2D eigenvalue weighted by molar-refractivity contribution is 5.94. The predicted octanol–water partition coefficient (Wildman–Crippen LogP) is 2.70. The van der Waals surface area contributed by atoms with Gasteiger partial charge in [-0.15, -0.1) is 0 Å². The molecule has 0 aromatic heterocycles. The number of carboxylic acids is 2. The molecule has 30 heavy (non-hydrogen) atoms. The highest BCUT2D eigenvalue weighted by Gasteiger charge is 2.26. The first-order valence-electron chi connectivity index (χ1n) is 9.89. The van der Waals surface area contributed by atoms with Crippen LogP contribution in [-0.2, 0) is 22.6 Å². The second-order valence-corrected chi connectivity index (χ2v) is 7.65. The minimum atomic E-state index is -1.12. The molecule has 2 rings (SSSR count). The summed E-state index contributed by atoms with van der Waals surface area (Å²) in [4.78, 5) is 35.4. The number of carboxylic acid groups (broad SMARTS) is 2. The lowest BCUT2D eigenvalue weighted by molar-refractivity contribution is -0.142. The van der Waals surface area contributed by atoms with E-state index in [1.165, 1.54) is 0 Å². The monoisotopic (exact) mass is 412 g/mol. The van der Waals surface area contributed by atoms with Gasteiger partial charge in [-0.3, -0.25) is 19.7 Å². The molecule has 0 aliphatic rings. The summed E-state index contributed by atoms with van der Waals surface area (Å²) in [6.07, 6.45) is 0.447. The highest BCUT2D eigenvalue weighted by atomic mass is 16.4. The third-order valence-electron chi connectivity index (χ3n) is 4.66.